The van der Waals surface area contributed by atoms with Gasteiger partial charge in [-0.2, -0.15) is 0 Å². The molecule has 0 aromatic carbocycles. The summed E-state index contributed by atoms with van der Waals surface area (Å²) < 4.78 is 0. The largest absolute Gasteiger partial charge is 0.481 e. The van der Waals surface area contributed by atoms with Crippen LogP contribution in [0.25, 0.3) is 0 Å². The van der Waals surface area contributed by atoms with Crippen LogP contribution in [0.3, 0.4) is 0 Å². The average Bonchev–Trinajstić information content (AvgIpc) is 2.17. The predicted molar refractivity (Wildman–Crippen MR) is 59.8 cm³/mol. The van der Waals surface area contributed by atoms with Gasteiger partial charge in [-0.05, 0) is 25.0 Å². The number of aliphatic hydroxyl groups is 1. The molecule has 1 heterocycles. The van der Waals surface area contributed by atoms with Gasteiger partial charge in [-0.3, -0.25) is 9.78 Å². The molecule has 88 valence electrons. The summed E-state index contributed by atoms with van der Waals surface area (Å²) >= 11 is 0. The summed E-state index contributed by atoms with van der Waals surface area (Å²) in [6.45, 7) is 5.04. The maximum atomic E-state index is 11.2. The lowest BCUT2D eigenvalue weighted by atomic mass is 9.78. The van der Waals surface area contributed by atoms with Crippen LogP contribution < -0.4 is 0 Å². The Bertz CT molecular complexity index is 360. The Labute approximate surface area is 95.0 Å². The highest BCUT2D eigenvalue weighted by Crippen LogP contribution is 2.33. The molecule has 2 atom stereocenters. The van der Waals surface area contributed by atoms with Crippen LogP contribution in [0, 0.1) is 11.8 Å². The van der Waals surface area contributed by atoms with Gasteiger partial charge in [0.2, 0.25) is 0 Å². The number of pyridine rings is 1. The molecule has 16 heavy (non-hydrogen) atoms. The number of aromatic nitrogens is 1. The zero-order valence-electron chi connectivity index (χ0n) is 9.71. The van der Waals surface area contributed by atoms with E-state index in [1.165, 1.54) is 6.92 Å². The van der Waals surface area contributed by atoms with Crippen LogP contribution in [-0.2, 0) is 10.4 Å². The highest BCUT2D eigenvalue weighted by atomic mass is 16.4. The van der Waals surface area contributed by atoms with Gasteiger partial charge >= 0.3 is 5.97 Å². The Hall–Kier alpha value is -1.42. The number of aliphatic carboxylic acids is 1. The molecule has 0 saturated carbocycles. The molecule has 4 heteroatoms. The normalized spacial score (nSPS) is 16.8. The van der Waals surface area contributed by atoms with E-state index in [0.717, 1.165) is 0 Å². The van der Waals surface area contributed by atoms with Crippen molar-refractivity contribution in [3.63, 3.8) is 0 Å². The third-order valence-corrected chi connectivity index (χ3v) is 2.72. The van der Waals surface area contributed by atoms with E-state index in [1.807, 2.05) is 0 Å². The van der Waals surface area contributed by atoms with Crippen molar-refractivity contribution < 1.29 is 15.0 Å². The quantitative estimate of drug-likeness (QED) is 0.814. The van der Waals surface area contributed by atoms with Gasteiger partial charge in [0.25, 0.3) is 0 Å². The lowest BCUT2D eigenvalue weighted by Crippen LogP contribution is -2.41. The molecule has 0 spiro atoms. The van der Waals surface area contributed by atoms with Crippen molar-refractivity contribution in [2.24, 2.45) is 11.8 Å². The summed E-state index contributed by atoms with van der Waals surface area (Å²) in [5.41, 5.74) is -1.07. The van der Waals surface area contributed by atoms with E-state index in [2.05, 4.69) is 4.98 Å². The maximum Gasteiger partial charge on any atom is 0.310 e. The number of carboxylic acids is 1. The Morgan fingerprint density at radius 2 is 2.06 bits per heavy atom. The van der Waals surface area contributed by atoms with Gasteiger partial charge in [-0.25, -0.2) is 0 Å². The zero-order chi connectivity index (χ0) is 12.3. The van der Waals surface area contributed by atoms with Gasteiger partial charge in [0.1, 0.15) is 5.60 Å². The molecule has 1 aromatic heterocycles. The monoisotopic (exact) mass is 223 g/mol. The lowest BCUT2D eigenvalue weighted by Gasteiger charge is -2.31. The predicted octanol–water partition coefficient (Wildman–Crippen LogP) is 1.65. The molecule has 2 N–H and O–H groups in total. The molecule has 0 bridgehead atoms. The zero-order valence-corrected chi connectivity index (χ0v) is 9.71. The fraction of sp³-hybridized carbons (Fsp3) is 0.500. The number of hydrogen-bond acceptors (Lipinski definition) is 3. The highest BCUT2D eigenvalue weighted by molar-refractivity contribution is 5.72. The van der Waals surface area contributed by atoms with Gasteiger partial charge in [-0.15, -0.1) is 0 Å². The van der Waals surface area contributed by atoms with Gasteiger partial charge in [0, 0.05) is 6.20 Å². The first-order chi connectivity index (χ1) is 7.37. The SMILES string of the molecule is CC(C)C(C(=O)O)C(C)(O)c1ccccn1. The molecule has 0 aliphatic heterocycles. The van der Waals surface area contributed by atoms with E-state index < -0.39 is 17.5 Å². The van der Waals surface area contributed by atoms with Crippen LogP contribution in [0.15, 0.2) is 24.4 Å². The number of nitrogens with zero attached hydrogens (tertiary/aromatic N) is 1. The molecule has 4 nitrogen and oxygen atoms in total. The van der Waals surface area contributed by atoms with Gasteiger partial charge in [0.05, 0.1) is 11.6 Å². The van der Waals surface area contributed by atoms with E-state index >= 15 is 0 Å². The van der Waals surface area contributed by atoms with Crippen molar-refractivity contribution in [2.45, 2.75) is 26.4 Å². The van der Waals surface area contributed by atoms with Crippen molar-refractivity contribution in [1.29, 1.82) is 0 Å². The minimum atomic E-state index is -1.46. The molecule has 0 amide bonds. The Kier molecular flexibility index (Phi) is 3.65. The summed E-state index contributed by atoms with van der Waals surface area (Å²) in [5, 5.41) is 19.5. The second kappa shape index (κ2) is 4.61. The first-order valence-electron chi connectivity index (χ1n) is 5.24. The van der Waals surface area contributed by atoms with E-state index in [9.17, 15) is 9.90 Å². The van der Waals surface area contributed by atoms with Crippen LogP contribution in [0.4, 0.5) is 0 Å². The lowest BCUT2D eigenvalue weighted by molar-refractivity contribution is -0.155. The smallest absolute Gasteiger partial charge is 0.310 e. The molecule has 0 aliphatic carbocycles. The van der Waals surface area contributed by atoms with Crippen LogP contribution in [-0.4, -0.2) is 21.2 Å². The van der Waals surface area contributed by atoms with E-state index in [4.69, 9.17) is 5.11 Å². The highest BCUT2D eigenvalue weighted by Gasteiger charge is 2.41. The fourth-order valence-electron chi connectivity index (χ4n) is 2.00. The molecule has 1 rings (SSSR count). The molecular weight excluding hydrogens is 206 g/mol. The summed E-state index contributed by atoms with van der Waals surface area (Å²) in [4.78, 5) is 15.2. The molecule has 0 aliphatic rings. The number of carbonyl (C=O) groups is 1. The van der Waals surface area contributed by atoms with Gasteiger partial charge in [0.15, 0.2) is 0 Å². The Morgan fingerprint density at radius 3 is 2.44 bits per heavy atom. The third kappa shape index (κ3) is 2.39. The van der Waals surface area contributed by atoms with Crippen molar-refractivity contribution in [1.82, 2.24) is 4.98 Å². The van der Waals surface area contributed by atoms with Crippen LogP contribution in [0.1, 0.15) is 26.5 Å². The van der Waals surface area contributed by atoms with Crippen molar-refractivity contribution in [3.8, 4) is 0 Å². The van der Waals surface area contributed by atoms with Crippen molar-refractivity contribution in [2.75, 3.05) is 0 Å². The Balaban J connectivity index is 3.13. The second-order valence-corrected chi connectivity index (χ2v) is 4.42. The van der Waals surface area contributed by atoms with Crippen LogP contribution in [0.2, 0.25) is 0 Å². The van der Waals surface area contributed by atoms with Crippen molar-refractivity contribution in [3.05, 3.63) is 30.1 Å². The average molecular weight is 223 g/mol. The van der Waals surface area contributed by atoms with Crippen LogP contribution >= 0.6 is 0 Å². The maximum absolute atomic E-state index is 11.2. The molecule has 0 radical (unpaired) electrons. The van der Waals surface area contributed by atoms with Gasteiger partial charge < -0.3 is 10.2 Å². The molecule has 1 aromatic rings. The van der Waals surface area contributed by atoms with E-state index in [0.29, 0.717) is 5.69 Å². The van der Waals surface area contributed by atoms with Gasteiger partial charge in [-0.1, -0.05) is 19.9 Å². The first-order valence-corrected chi connectivity index (χ1v) is 5.24. The van der Waals surface area contributed by atoms with E-state index in [-0.39, 0.29) is 5.92 Å². The summed E-state index contributed by atoms with van der Waals surface area (Å²) in [5.74, 6) is -2.05. The second-order valence-electron chi connectivity index (χ2n) is 4.42. The summed E-state index contributed by atoms with van der Waals surface area (Å²) in [7, 11) is 0. The Morgan fingerprint density at radius 1 is 1.44 bits per heavy atom. The number of rotatable bonds is 4. The summed E-state index contributed by atoms with van der Waals surface area (Å²) in [6, 6.07) is 5.10. The molecular formula is C12H17NO3. The van der Waals surface area contributed by atoms with Crippen LogP contribution in [0.5, 0.6) is 0 Å². The standard InChI is InChI=1S/C12H17NO3/c1-8(2)10(11(14)15)12(3,16)9-6-4-5-7-13-9/h4-8,10,16H,1-3H3,(H,14,15). The fourth-order valence-corrected chi connectivity index (χ4v) is 2.00. The molecule has 2 unspecified atom stereocenters. The third-order valence-electron chi connectivity index (χ3n) is 2.72. The molecule has 0 saturated heterocycles. The number of carboxylic acid groups (broad SMARTS) is 1. The first kappa shape index (κ1) is 12.6. The molecule has 0 fully saturated rings. The number of hydrogen-bond donors (Lipinski definition) is 2. The van der Waals surface area contributed by atoms with E-state index in [1.54, 1.807) is 38.2 Å². The summed E-state index contributed by atoms with van der Waals surface area (Å²) in [6.07, 6.45) is 1.54. The topological polar surface area (TPSA) is 70.4 Å². The minimum Gasteiger partial charge on any atom is -0.481 e. The van der Waals surface area contributed by atoms with Crippen molar-refractivity contribution >= 4 is 5.97 Å². The minimum absolute atomic E-state index is 0.172.